The maximum atomic E-state index is 12.4. The van der Waals surface area contributed by atoms with E-state index in [-0.39, 0.29) is 12.0 Å². The lowest BCUT2D eigenvalue weighted by Crippen LogP contribution is -2.48. The number of morpholine rings is 1. The van der Waals surface area contributed by atoms with Crippen molar-refractivity contribution in [2.24, 2.45) is 5.92 Å². The molecule has 1 amide bonds. The van der Waals surface area contributed by atoms with Crippen LogP contribution >= 0.6 is 0 Å². The van der Waals surface area contributed by atoms with E-state index >= 15 is 0 Å². The summed E-state index contributed by atoms with van der Waals surface area (Å²) in [7, 11) is 0. The molecule has 0 radical (unpaired) electrons. The highest BCUT2D eigenvalue weighted by Crippen LogP contribution is 2.14. The summed E-state index contributed by atoms with van der Waals surface area (Å²) < 4.78 is 7.60. The minimum atomic E-state index is -0.0995. The van der Waals surface area contributed by atoms with Crippen LogP contribution in [0.1, 0.15) is 31.1 Å². The summed E-state index contributed by atoms with van der Waals surface area (Å²) in [5.74, 6) is 0.536. The van der Waals surface area contributed by atoms with Crippen molar-refractivity contribution >= 4 is 16.9 Å². The van der Waals surface area contributed by atoms with Gasteiger partial charge in [0.1, 0.15) is 5.52 Å². The van der Waals surface area contributed by atoms with Crippen molar-refractivity contribution < 1.29 is 9.53 Å². The smallest absolute Gasteiger partial charge is 0.251 e. The average Bonchev–Trinajstić information content (AvgIpc) is 3.01. The molecule has 1 aromatic carbocycles. The van der Waals surface area contributed by atoms with Crippen molar-refractivity contribution in [3.05, 3.63) is 23.8 Å². The van der Waals surface area contributed by atoms with Gasteiger partial charge >= 0.3 is 0 Å². The van der Waals surface area contributed by atoms with Gasteiger partial charge in [0.05, 0.1) is 18.2 Å². The van der Waals surface area contributed by atoms with Gasteiger partial charge in [-0.1, -0.05) is 19.1 Å². The van der Waals surface area contributed by atoms with Gasteiger partial charge in [-0.15, -0.1) is 5.10 Å². The zero-order chi connectivity index (χ0) is 17.8. The number of amides is 1. The number of nitrogens with zero attached hydrogens (tertiary/aromatic N) is 4. The molecule has 3 rings (SSSR count). The second-order valence-corrected chi connectivity index (χ2v) is 6.96. The Balaban J connectivity index is 1.57. The molecule has 1 N–H and O–H groups in total. The number of ether oxygens (including phenoxy) is 1. The molecule has 0 spiro atoms. The zero-order valence-electron chi connectivity index (χ0n) is 15.2. The van der Waals surface area contributed by atoms with Crippen molar-refractivity contribution in [1.29, 1.82) is 0 Å². The van der Waals surface area contributed by atoms with Gasteiger partial charge in [0.15, 0.2) is 0 Å². The molecule has 1 aliphatic heterocycles. The topological polar surface area (TPSA) is 72.3 Å². The standard InChI is InChI=1S/C18H27N5O2/c1-4-23-17-6-5-14(9-16(17)20-21-23)18(24)19-10-15-12-22(7-8-25-15)11-13(2)3/h5-6,9,13,15H,4,7-8,10-12H2,1-3H3,(H,19,24). The number of fused-ring (bicyclic) bond motifs is 1. The third kappa shape index (κ3) is 4.35. The van der Waals surface area contributed by atoms with Crippen LogP contribution in [0.2, 0.25) is 0 Å². The van der Waals surface area contributed by atoms with E-state index in [0.717, 1.165) is 43.8 Å². The molecule has 1 fully saturated rings. The summed E-state index contributed by atoms with van der Waals surface area (Å²) in [5.41, 5.74) is 2.29. The first-order valence-corrected chi connectivity index (χ1v) is 9.02. The minimum absolute atomic E-state index is 0.0427. The molecule has 2 heterocycles. The van der Waals surface area contributed by atoms with Crippen LogP contribution < -0.4 is 5.32 Å². The average molecular weight is 345 g/mol. The largest absolute Gasteiger partial charge is 0.374 e. The van der Waals surface area contributed by atoms with Crippen LogP contribution in [-0.4, -0.2) is 64.7 Å². The molecule has 7 nitrogen and oxygen atoms in total. The number of carbonyl (C=O) groups is 1. The lowest BCUT2D eigenvalue weighted by molar-refractivity contribution is -0.0295. The van der Waals surface area contributed by atoms with Gasteiger partial charge in [-0.05, 0) is 31.0 Å². The van der Waals surface area contributed by atoms with E-state index in [0.29, 0.717) is 18.0 Å². The number of hydrogen-bond donors (Lipinski definition) is 1. The first-order chi connectivity index (χ1) is 12.1. The fourth-order valence-corrected chi connectivity index (χ4v) is 3.24. The predicted octanol–water partition coefficient (Wildman–Crippen LogP) is 1.54. The molecule has 7 heteroatoms. The number of aromatic nitrogens is 3. The first kappa shape index (κ1) is 17.8. The van der Waals surface area contributed by atoms with Crippen LogP contribution in [-0.2, 0) is 11.3 Å². The van der Waals surface area contributed by atoms with E-state index in [2.05, 4.69) is 34.4 Å². The van der Waals surface area contributed by atoms with Crippen LogP contribution in [0.3, 0.4) is 0 Å². The predicted molar refractivity (Wildman–Crippen MR) is 96.6 cm³/mol. The van der Waals surface area contributed by atoms with Crippen molar-refractivity contribution in [1.82, 2.24) is 25.2 Å². The molecule has 0 aliphatic carbocycles. The molecule has 1 aliphatic rings. The maximum Gasteiger partial charge on any atom is 0.251 e. The number of nitrogens with one attached hydrogen (secondary N) is 1. The summed E-state index contributed by atoms with van der Waals surface area (Å²) >= 11 is 0. The molecule has 1 atom stereocenters. The van der Waals surface area contributed by atoms with Crippen molar-refractivity contribution in [3.63, 3.8) is 0 Å². The Bertz CT molecular complexity index is 727. The SMILES string of the molecule is CCn1nnc2cc(C(=O)NCC3CN(CC(C)C)CCO3)ccc21. The van der Waals surface area contributed by atoms with Crippen LogP contribution in [0, 0.1) is 5.92 Å². The van der Waals surface area contributed by atoms with Crippen LogP contribution in [0.25, 0.3) is 11.0 Å². The molecule has 1 aromatic heterocycles. The van der Waals surface area contributed by atoms with Crippen molar-refractivity contribution in [2.75, 3.05) is 32.8 Å². The van der Waals surface area contributed by atoms with E-state index in [4.69, 9.17) is 4.74 Å². The number of rotatable bonds is 6. The van der Waals surface area contributed by atoms with Gasteiger partial charge in [0.25, 0.3) is 5.91 Å². The van der Waals surface area contributed by atoms with E-state index in [1.165, 1.54) is 0 Å². The Morgan fingerprint density at radius 3 is 3.04 bits per heavy atom. The zero-order valence-corrected chi connectivity index (χ0v) is 15.2. The first-order valence-electron chi connectivity index (χ1n) is 9.02. The van der Waals surface area contributed by atoms with E-state index in [1.807, 2.05) is 23.7 Å². The second-order valence-electron chi connectivity index (χ2n) is 6.96. The second kappa shape index (κ2) is 7.93. The Kier molecular flexibility index (Phi) is 5.65. The molecule has 136 valence electrons. The summed E-state index contributed by atoms with van der Waals surface area (Å²) in [6, 6.07) is 5.51. The molecule has 1 unspecified atom stereocenters. The van der Waals surface area contributed by atoms with Gasteiger partial charge in [0, 0.05) is 38.3 Å². The lowest BCUT2D eigenvalue weighted by atomic mass is 10.1. The van der Waals surface area contributed by atoms with Crippen LogP contribution in [0.15, 0.2) is 18.2 Å². The van der Waals surface area contributed by atoms with E-state index in [9.17, 15) is 4.79 Å². The Hall–Kier alpha value is -1.99. The fourth-order valence-electron chi connectivity index (χ4n) is 3.24. The molecule has 0 bridgehead atoms. The normalized spacial score (nSPS) is 18.8. The Morgan fingerprint density at radius 2 is 2.28 bits per heavy atom. The highest BCUT2D eigenvalue weighted by molar-refractivity contribution is 5.97. The summed E-state index contributed by atoms with van der Waals surface area (Å²) in [5, 5.41) is 11.2. The van der Waals surface area contributed by atoms with Crippen LogP contribution in [0.5, 0.6) is 0 Å². The molecular weight excluding hydrogens is 318 g/mol. The third-order valence-electron chi connectivity index (χ3n) is 4.41. The fraction of sp³-hybridized carbons (Fsp3) is 0.611. The van der Waals surface area contributed by atoms with Gasteiger partial charge in [-0.25, -0.2) is 4.68 Å². The third-order valence-corrected chi connectivity index (χ3v) is 4.41. The number of hydrogen-bond acceptors (Lipinski definition) is 5. The Morgan fingerprint density at radius 1 is 1.44 bits per heavy atom. The lowest BCUT2D eigenvalue weighted by Gasteiger charge is -2.33. The van der Waals surface area contributed by atoms with E-state index < -0.39 is 0 Å². The van der Waals surface area contributed by atoms with Crippen LogP contribution in [0.4, 0.5) is 0 Å². The van der Waals surface area contributed by atoms with Gasteiger partial charge < -0.3 is 10.1 Å². The summed E-state index contributed by atoms with van der Waals surface area (Å²) in [6.45, 7) is 11.3. The number of aryl methyl sites for hydroxylation is 1. The van der Waals surface area contributed by atoms with Gasteiger partial charge in [0.2, 0.25) is 0 Å². The minimum Gasteiger partial charge on any atom is -0.374 e. The molecule has 1 saturated heterocycles. The quantitative estimate of drug-likeness (QED) is 0.860. The maximum absolute atomic E-state index is 12.4. The molecule has 25 heavy (non-hydrogen) atoms. The molecular formula is C18H27N5O2. The van der Waals surface area contributed by atoms with Gasteiger partial charge in [-0.2, -0.15) is 0 Å². The molecule has 2 aromatic rings. The number of carbonyl (C=O) groups excluding carboxylic acids is 1. The Labute approximate surface area is 148 Å². The highest BCUT2D eigenvalue weighted by Gasteiger charge is 2.21. The van der Waals surface area contributed by atoms with Crippen molar-refractivity contribution in [2.45, 2.75) is 33.4 Å². The summed E-state index contributed by atoms with van der Waals surface area (Å²) in [4.78, 5) is 14.8. The molecule has 0 saturated carbocycles. The monoisotopic (exact) mass is 345 g/mol. The summed E-state index contributed by atoms with van der Waals surface area (Å²) in [6.07, 6.45) is 0.0427. The van der Waals surface area contributed by atoms with Crippen molar-refractivity contribution in [3.8, 4) is 0 Å². The van der Waals surface area contributed by atoms with E-state index in [1.54, 1.807) is 6.07 Å². The van der Waals surface area contributed by atoms with Gasteiger partial charge in [-0.3, -0.25) is 9.69 Å². The highest BCUT2D eigenvalue weighted by atomic mass is 16.5. The number of benzene rings is 1.